The Morgan fingerprint density at radius 3 is 2.82 bits per heavy atom. The molecule has 0 amide bonds. The van der Waals surface area contributed by atoms with E-state index in [1.807, 2.05) is 0 Å². The van der Waals surface area contributed by atoms with Gasteiger partial charge in [0.1, 0.15) is 4.90 Å². The molecule has 0 aliphatic carbocycles. The lowest BCUT2D eigenvalue weighted by atomic mass is 10.4. The number of halogens is 1. The molecule has 2 N–H and O–H groups in total. The third kappa shape index (κ3) is 2.61. The molecule has 0 bridgehead atoms. The summed E-state index contributed by atoms with van der Waals surface area (Å²) in [7, 11) is -3.79. The van der Waals surface area contributed by atoms with Crippen molar-refractivity contribution in [2.45, 2.75) is 11.4 Å². The van der Waals surface area contributed by atoms with Gasteiger partial charge in [0, 0.05) is 12.4 Å². The zero-order chi connectivity index (χ0) is 15.7. The molecule has 8 nitrogen and oxygen atoms in total. The Bertz CT molecular complexity index is 995. The number of aromatic amines is 1. The molecule has 3 aromatic rings. The van der Waals surface area contributed by atoms with Crippen molar-refractivity contribution in [3.63, 3.8) is 0 Å². The lowest BCUT2D eigenvalue weighted by Crippen LogP contribution is -2.24. The quantitative estimate of drug-likeness (QED) is 0.721. The molecule has 0 saturated heterocycles. The molecule has 22 heavy (non-hydrogen) atoms. The van der Waals surface area contributed by atoms with Gasteiger partial charge in [0.15, 0.2) is 5.82 Å². The van der Waals surface area contributed by atoms with Gasteiger partial charge in [-0.3, -0.25) is 9.20 Å². The van der Waals surface area contributed by atoms with Gasteiger partial charge in [0.2, 0.25) is 15.7 Å². The highest BCUT2D eigenvalue weighted by atomic mass is 35.5. The fourth-order valence-electron chi connectivity index (χ4n) is 1.91. The van der Waals surface area contributed by atoms with Crippen LogP contribution in [0.3, 0.4) is 0 Å². The number of nitrogens with zero attached hydrogens (tertiary/aromatic N) is 3. The molecule has 1 aromatic carbocycles. The molecule has 0 fully saturated rings. The summed E-state index contributed by atoms with van der Waals surface area (Å²) in [6.07, 6.45) is 2.96. The predicted octanol–water partition coefficient (Wildman–Crippen LogP) is 0.549. The molecular weight excluding hydrogens is 330 g/mol. The third-order valence-corrected chi connectivity index (χ3v) is 4.86. The molecule has 2 heterocycles. The highest BCUT2D eigenvalue weighted by Gasteiger charge is 2.18. The minimum Gasteiger partial charge on any atom is -0.324 e. The van der Waals surface area contributed by atoms with Crippen LogP contribution >= 0.6 is 11.6 Å². The Kier molecular flexibility index (Phi) is 3.69. The van der Waals surface area contributed by atoms with Crippen molar-refractivity contribution in [2.75, 3.05) is 0 Å². The third-order valence-electron chi connectivity index (χ3n) is 2.95. The minimum absolute atomic E-state index is 0.0247. The summed E-state index contributed by atoms with van der Waals surface area (Å²) in [6, 6.07) is 6.10. The van der Waals surface area contributed by atoms with Crippen molar-refractivity contribution < 1.29 is 8.42 Å². The van der Waals surface area contributed by atoms with E-state index in [0.717, 1.165) is 0 Å². The smallest absolute Gasteiger partial charge is 0.293 e. The van der Waals surface area contributed by atoms with E-state index in [9.17, 15) is 13.2 Å². The van der Waals surface area contributed by atoms with Gasteiger partial charge in [0.25, 0.3) is 5.56 Å². The normalized spacial score (nSPS) is 11.9. The summed E-state index contributed by atoms with van der Waals surface area (Å²) in [5.74, 6) is 0.289. The van der Waals surface area contributed by atoms with Crippen LogP contribution in [0.1, 0.15) is 5.82 Å². The van der Waals surface area contributed by atoms with Crippen LogP contribution in [0.15, 0.2) is 46.3 Å². The van der Waals surface area contributed by atoms with E-state index in [-0.39, 0.29) is 27.9 Å². The van der Waals surface area contributed by atoms with Crippen molar-refractivity contribution >= 4 is 27.3 Å². The first-order chi connectivity index (χ1) is 10.5. The Morgan fingerprint density at radius 2 is 2.05 bits per heavy atom. The van der Waals surface area contributed by atoms with Crippen LogP contribution < -0.4 is 10.3 Å². The number of H-pyrrole nitrogens is 1. The fraction of sp³-hybridized carbons (Fsp3) is 0.0833. The summed E-state index contributed by atoms with van der Waals surface area (Å²) in [6.45, 7) is -0.127. The molecule has 10 heteroatoms. The van der Waals surface area contributed by atoms with E-state index < -0.39 is 15.6 Å². The van der Waals surface area contributed by atoms with Crippen molar-refractivity contribution in [1.82, 2.24) is 24.3 Å². The molecular formula is C12H10ClN5O3S. The summed E-state index contributed by atoms with van der Waals surface area (Å²) in [5.41, 5.74) is -0.315. The number of benzene rings is 1. The number of aromatic nitrogens is 4. The largest absolute Gasteiger partial charge is 0.324 e. The molecule has 0 unspecified atom stereocenters. The first-order valence-electron chi connectivity index (χ1n) is 6.14. The maximum Gasteiger partial charge on any atom is 0.293 e. The van der Waals surface area contributed by atoms with Gasteiger partial charge in [-0.2, -0.15) is 0 Å². The standard InChI is InChI=1S/C12H10ClN5O3S/c13-8-3-1-2-4-9(8)22(20,21)15-7-10-16-17-11-12(19)14-5-6-18(10)11/h1-6,15H,7H2,(H,14,19). The first-order valence-corrected chi connectivity index (χ1v) is 8.00. The van der Waals surface area contributed by atoms with Crippen molar-refractivity contribution in [3.8, 4) is 0 Å². The SMILES string of the molecule is O=c1[nH]ccn2c(CNS(=O)(=O)c3ccccc3Cl)nnc12. The van der Waals surface area contributed by atoms with Crippen LogP contribution in [0, 0.1) is 0 Å². The van der Waals surface area contributed by atoms with E-state index in [0.29, 0.717) is 0 Å². The molecule has 114 valence electrons. The van der Waals surface area contributed by atoms with Crippen LogP contribution in [0.4, 0.5) is 0 Å². The second kappa shape index (κ2) is 5.52. The van der Waals surface area contributed by atoms with Gasteiger partial charge in [0.05, 0.1) is 11.6 Å². The maximum absolute atomic E-state index is 12.2. The summed E-state index contributed by atoms with van der Waals surface area (Å²) >= 11 is 5.89. The molecule has 0 aliphatic heterocycles. The Hall–Kier alpha value is -2.23. The van der Waals surface area contributed by atoms with Crippen molar-refractivity contribution in [3.05, 3.63) is 57.9 Å². The second-order valence-electron chi connectivity index (χ2n) is 4.35. The second-order valence-corrected chi connectivity index (χ2v) is 6.50. The highest BCUT2D eigenvalue weighted by Crippen LogP contribution is 2.20. The van der Waals surface area contributed by atoms with Crippen molar-refractivity contribution in [1.29, 1.82) is 0 Å². The van der Waals surface area contributed by atoms with E-state index >= 15 is 0 Å². The lowest BCUT2D eigenvalue weighted by Gasteiger charge is -2.07. The Morgan fingerprint density at radius 1 is 1.27 bits per heavy atom. The van der Waals surface area contributed by atoms with Gasteiger partial charge >= 0.3 is 0 Å². The molecule has 0 aliphatic rings. The van der Waals surface area contributed by atoms with Crippen LogP contribution in [0.25, 0.3) is 5.65 Å². The van der Waals surface area contributed by atoms with Crippen LogP contribution in [0.5, 0.6) is 0 Å². The first kappa shape index (κ1) is 14.7. The van der Waals surface area contributed by atoms with E-state index in [1.54, 1.807) is 12.1 Å². The highest BCUT2D eigenvalue weighted by molar-refractivity contribution is 7.89. The Labute approximate surface area is 129 Å². The molecule has 3 rings (SSSR count). The predicted molar refractivity (Wildman–Crippen MR) is 79.1 cm³/mol. The summed E-state index contributed by atoms with van der Waals surface area (Å²) < 4.78 is 28.3. The average molecular weight is 340 g/mol. The number of nitrogens with one attached hydrogen (secondary N) is 2. The molecule has 0 atom stereocenters. The Balaban J connectivity index is 1.90. The monoisotopic (exact) mass is 339 g/mol. The zero-order valence-electron chi connectivity index (χ0n) is 11.0. The minimum atomic E-state index is -3.79. The number of fused-ring (bicyclic) bond motifs is 1. The number of sulfonamides is 1. The van der Waals surface area contributed by atoms with E-state index in [1.165, 1.54) is 28.9 Å². The number of hydrogen-bond donors (Lipinski definition) is 2. The lowest BCUT2D eigenvalue weighted by molar-refractivity contribution is 0.579. The number of hydrogen-bond acceptors (Lipinski definition) is 5. The summed E-state index contributed by atoms with van der Waals surface area (Å²) in [5, 5.41) is 7.65. The fourth-order valence-corrected chi connectivity index (χ4v) is 3.41. The van der Waals surface area contributed by atoms with Crippen LogP contribution in [-0.4, -0.2) is 28.0 Å². The van der Waals surface area contributed by atoms with Gasteiger partial charge in [-0.15, -0.1) is 10.2 Å². The van der Waals surface area contributed by atoms with Gasteiger partial charge in [-0.25, -0.2) is 13.1 Å². The van der Waals surface area contributed by atoms with Crippen LogP contribution in [-0.2, 0) is 16.6 Å². The molecule has 0 radical (unpaired) electrons. The van der Waals surface area contributed by atoms with Crippen LogP contribution in [0.2, 0.25) is 5.02 Å². The zero-order valence-corrected chi connectivity index (χ0v) is 12.6. The average Bonchev–Trinajstić information content (AvgIpc) is 2.90. The molecule has 2 aromatic heterocycles. The topological polar surface area (TPSA) is 109 Å². The van der Waals surface area contributed by atoms with E-state index in [2.05, 4.69) is 19.9 Å². The van der Waals surface area contributed by atoms with Gasteiger partial charge in [-0.05, 0) is 12.1 Å². The summed E-state index contributed by atoms with van der Waals surface area (Å²) in [4.78, 5) is 14.0. The number of rotatable bonds is 4. The van der Waals surface area contributed by atoms with Gasteiger partial charge < -0.3 is 4.98 Å². The van der Waals surface area contributed by atoms with Crippen molar-refractivity contribution in [2.24, 2.45) is 0 Å². The van der Waals surface area contributed by atoms with Gasteiger partial charge in [-0.1, -0.05) is 23.7 Å². The van der Waals surface area contributed by atoms with E-state index in [4.69, 9.17) is 11.6 Å². The molecule has 0 spiro atoms. The molecule has 0 saturated carbocycles. The maximum atomic E-state index is 12.2.